The summed E-state index contributed by atoms with van der Waals surface area (Å²) in [6.07, 6.45) is -4.90. The summed E-state index contributed by atoms with van der Waals surface area (Å²) in [5.74, 6) is -4.62. The maximum absolute atomic E-state index is 13.9. The maximum Gasteiger partial charge on any atom is 0.416 e. The van der Waals surface area contributed by atoms with Crippen molar-refractivity contribution in [3.8, 4) is 11.5 Å². The Morgan fingerprint density at radius 3 is 2.15 bits per heavy atom. The number of hydrogen-bond donors (Lipinski definition) is 0. The number of quaternary nitrogens is 1. The lowest BCUT2D eigenvalue weighted by Crippen LogP contribution is -2.52. The molecule has 146 valence electrons. The van der Waals surface area contributed by atoms with E-state index in [1.807, 2.05) is 0 Å². The number of amides is 1. The van der Waals surface area contributed by atoms with Crippen LogP contribution in [-0.4, -0.2) is 36.2 Å². The molecule has 4 nitrogen and oxygen atoms in total. The Kier molecular flexibility index (Phi) is 5.79. The number of hydrogen-bond acceptors (Lipinski definition) is 3. The average Bonchev–Trinajstić information content (AvgIpc) is 2.56. The summed E-state index contributed by atoms with van der Waals surface area (Å²) in [6, 6.07) is 5.62. The number of benzene rings is 2. The summed E-state index contributed by atoms with van der Waals surface area (Å²) >= 11 is 5.84. The van der Waals surface area contributed by atoms with Gasteiger partial charge in [-0.05, 0) is 30.3 Å². The van der Waals surface area contributed by atoms with Crippen LogP contribution in [0.25, 0.3) is 0 Å². The van der Waals surface area contributed by atoms with Crippen molar-refractivity contribution in [2.45, 2.75) is 6.18 Å². The van der Waals surface area contributed by atoms with E-state index in [4.69, 9.17) is 16.5 Å². The van der Waals surface area contributed by atoms with Gasteiger partial charge in [0.1, 0.15) is 5.75 Å². The Bertz CT molecular complexity index is 846. The molecule has 0 aliphatic carbocycles. The lowest BCUT2D eigenvalue weighted by molar-refractivity contribution is -0.907. The highest BCUT2D eigenvalue weighted by Gasteiger charge is 2.34. The van der Waals surface area contributed by atoms with Gasteiger partial charge in [-0.25, -0.2) is 13.6 Å². The molecule has 10 heteroatoms. The molecule has 1 amide bonds. The number of halogens is 6. The standard InChI is InChI=1S/C17H15ClF5N2O2/c1-24(18)25(2,3)16(26)10-5-4-6-12(7-10)27-15-13(19)8-11(9-14(15)20)17(21,22)23/h4-9H,1-3H3/q+1. The normalized spacial score (nSPS) is 12.4. The average molecular weight is 410 g/mol. The van der Waals surface area contributed by atoms with E-state index in [0.717, 1.165) is 4.53 Å². The second-order valence-electron chi connectivity index (χ2n) is 6.04. The van der Waals surface area contributed by atoms with E-state index in [0.29, 0.717) is 0 Å². The molecular formula is C17H15ClF5N2O2+. The highest BCUT2D eigenvalue weighted by molar-refractivity contribution is 6.12. The zero-order chi connectivity index (χ0) is 20.6. The lowest BCUT2D eigenvalue weighted by Gasteiger charge is -2.29. The summed E-state index contributed by atoms with van der Waals surface area (Å²) < 4.78 is 71.4. The molecule has 0 spiro atoms. The lowest BCUT2D eigenvalue weighted by atomic mass is 10.1. The van der Waals surface area contributed by atoms with Crippen molar-refractivity contribution in [2.24, 2.45) is 0 Å². The summed E-state index contributed by atoms with van der Waals surface area (Å²) in [4.78, 5) is 12.5. The van der Waals surface area contributed by atoms with Crippen LogP contribution in [0.15, 0.2) is 36.4 Å². The predicted octanol–water partition coefficient (Wildman–Crippen LogP) is 4.99. The Morgan fingerprint density at radius 1 is 1.11 bits per heavy atom. The minimum absolute atomic E-state index is 0.123. The van der Waals surface area contributed by atoms with Crippen LogP contribution < -0.4 is 4.74 Å². The minimum Gasteiger partial charge on any atom is -0.451 e. The third-order valence-electron chi connectivity index (χ3n) is 3.81. The van der Waals surface area contributed by atoms with Crippen LogP contribution in [0.3, 0.4) is 0 Å². The van der Waals surface area contributed by atoms with Gasteiger partial charge in [0.2, 0.25) is 0 Å². The fourth-order valence-electron chi connectivity index (χ4n) is 2.07. The van der Waals surface area contributed by atoms with Crippen LogP contribution in [0, 0.1) is 11.6 Å². The third-order valence-corrected chi connectivity index (χ3v) is 4.19. The van der Waals surface area contributed by atoms with Gasteiger partial charge >= 0.3 is 12.1 Å². The van der Waals surface area contributed by atoms with Crippen molar-refractivity contribution in [2.75, 3.05) is 21.1 Å². The summed E-state index contributed by atoms with van der Waals surface area (Å²) in [5, 5.41) is 0. The Morgan fingerprint density at radius 2 is 1.67 bits per heavy atom. The third kappa shape index (κ3) is 4.55. The van der Waals surface area contributed by atoms with Crippen molar-refractivity contribution in [3.05, 3.63) is 59.2 Å². The molecule has 0 unspecified atom stereocenters. The summed E-state index contributed by atoms with van der Waals surface area (Å²) in [5.41, 5.74) is -1.35. The van der Waals surface area contributed by atoms with Crippen molar-refractivity contribution in [1.29, 1.82) is 0 Å². The van der Waals surface area contributed by atoms with Gasteiger partial charge < -0.3 is 4.74 Å². The molecule has 27 heavy (non-hydrogen) atoms. The number of nitrogens with zero attached hydrogens (tertiary/aromatic N) is 2. The topological polar surface area (TPSA) is 29.5 Å². The van der Waals surface area contributed by atoms with E-state index in [1.165, 1.54) is 45.4 Å². The Hall–Kier alpha value is -2.23. The van der Waals surface area contributed by atoms with Crippen molar-refractivity contribution < 1.29 is 36.1 Å². The van der Waals surface area contributed by atoms with E-state index in [9.17, 15) is 26.7 Å². The van der Waals surface area contributed by atoms with E-state index >= 15 is 0 Å². The molecule has 2 aromatic rings. The maximum atomic E-state index is 13.9. The van der Waals surface area contributed by atoms with Crippen LogP contribution in [0.5, 0.6) is 11.5 Å². The van der Waals surface area contributed by atoms with Crippen LogP contribution >= 0.6 is 11.8 Å². The van der Waals surface area contributed by atoms with Crippen molar-refractivity contribution >= 4 is 17.7 Å². The molecular weight excluding hydrogens is 395 g/mol. The molecule has 0 fully saturated rings. The molecule has 0 radical (unpaired) electrons. The zero-order valence-corrected chi connectivity index (χ0v) is 15.2. The second kappa shape index (κ2) is 7.41. The smallest absolute Gasteiger partial charge is 0.416 e. The molecule has 0 saturated heterocycles. The fraction of sp³-hybridized carbons (Fsp3) is 0.235. The minimum atomic E-state index is -4.90. The monoisotopic (exact) mass is 409 g/mol. The summed E-state index contributed by atoms with van der Waals surface area (Å²) in [7, 11) is 4.49. The van der Waals surface area contributed by atoms with Gasteiger partial charge in [-0.15, -0.1) is 0 Å². The van der Waals surface area contributed by atoms with E-state index < -0.39 is 35.0 Å². The van der Waals surface area contributed by atoms with Gasteiger partial charge in [0.05, 0.1) is 32.3 Å². The first-order valence-corrected chi connectivity index (χ1v) is 7.81. The van der Waals surface area contributed by atoms with Crippen LogP contribution in [0.2, 0.25) is 0 Å². The van der Waals surface area contributed by atoms with Gasteiger partial charge in [-0.1, -0.05) is 10.6 Å². The SMILES string of the molecule is CN(Cl)[N+](C)(C)C(=O)c1cccc(Oc2c(F)cc(C(F)(F)F)cc2F)c1. The molecule has 0 aromatic heterocycles. The van der Waals surface area contributed by atoms with Gasteiger partial charge in [0.15, 0.2) is 17.4 Å². The molecule has 0 N–H and O–H groups in total. The first-order chi connectivity index (χ1) is 12.3. The van der Waals surface area contributed by atoms with Crippen molar-refractivity contribution in [3.63, 3.8) is 0 Å². The van der Waals surface area contributed by atoms with Crippen LogP contribution in [0.4, 0.5) is 22.0 Å². The fourth-order valence-corrected chi connectivity index (χ4v) is 2.14. The van der Waals surface area contributed by atoms with E-state index in [2.05, 4.69) is 0 Å². The quantitative estimate of drug-likeness (QED) is 0.308. The van der Waals surface area contributed by atoms with Crippen LogP contribution in [0.1, 0.15) is 15.9 Å². The Labute approximate surface area is 157 Å². The van der Waals surface area contributed by atoms with Gasteiger partial charge in [0.25, 0.3) is 0 Å². The van der Waals surface area contributed by atoms with Gasteiger partial charge in [0, 0.05) is 11.8 Å². The molecule has 2 rings (SSSR count). The number of ether oxygens (including phenoxy) is 1. The number of alkyl halides is 3. The highest BCUT2D eigenvalue weighted by Crippen LogP contribution is 2.35. The highest BCUT2D eigenvalue weighted by atomic mass is 35.5. The van der Waals surface area contributed by atoms with E-state index in [-0.39, 0.29) is 28.0 Å². The molecule has 0 heterocycles. The van der Waals surface area contributed by atoms with Crippen molar-refractivity contribution in [1.82, 2.24) is 4.53 Å². The molecule has 0 bridgehead atoms. The number of rotatable bonds is 4. The molecule has 0 aliphatic heterocycles. The van der Waals surface area contributed by atoms with Gasteiger partial charge in [-0.3, -0.25) is 0 Å². The number of carbonyl (C=O) groups is 1. The molecule has 0 atom stereocenters. The van der Waals surface area contributed by atoms with Gasteiger partial charge in [-0.2, -0.15) is 17.8 Å². The van der Waals surface area contributed by atoms with Crippen LogP contribution in [-0.2, 0) is 6.18 Å². The largest absolute Gasteiger partial charge is 0.451 e. The number of carbonyl (C=O) groups excluding carboxylic acids is 1. The summed E-state index contributed by atoms with van der Waals surface area (Å²) in [6.45, 7) is 0. The molecule has 0 aliphatic rings. The van der Waals surface area contributed by atoms with E-state index in [1.54, 1.807) is 0 Å². The first kappa shape index (κ1) is 21.1. The zero-order valence-electron chi connectivity index (χ0n) is 14.4. The molecule has 0 saturated carbocycles. The molecule has 2 aromatic carbocycles. The first-order valence-electron chi connectivity index (χ1n) is 7.47. The second-order valence-corrected chi connectivity index (χ2v) is 6.53. The Balaban J connectivity index is 2.36. The predicted molar refractivity (Wildman–Crippen MR) is 87.9 cm³/mol.